The molecule has 0 saturated carbocycles. The van der Waals surface area contributed by atoms with Gasteiger partial charge in [0, 0.05) is 8.80 Å². The lowest BCUT2D eigenvalue weighted by molar-refractivity contribution is 0.817. The molecule has 0 fully saturated rings. The fourth-order valence-corrected chi connectivity index (χ4v) is 5.50. The monoisotopic (exact) mass is 158 g/mol. The van der Waals surface area contributed by atoms with Crippen molar-refractivity contribution in [3.8, 4) is 0 Å². The average molecular weight is 158 g/mol. The highest BCUT2D eigenvalue weighted by Crippen LogP contribution is 2.25. The fraction of sp³-hybridized carbons (Fsp3) is 1.00. The summed E-state index contributed by atoms with van der Waals surface area (Å²) in [6.45, 7) is 11.9. The van der Waals surface area contributed by atoms with Crippen molar-refractivity contribution in [1.29, 1.82) is 0 Å². The SMILES string of the molecule is CCC(C)[SiH](CC)C(C)C. The third kappa shape index (κ3) is 2.87. The van der Waals surface area contributed by atoms with Gasteiger partial charge in [-0.25, -0.2) is 0 Å². The minimum atomic E-state index is -0.380. The standard InChI is InChI=1S/C9H22Si/c1-6-9(5)10(7-2)8(3)4/h8-10H,6-7H2,1-5H3. The Morgan fingerprint density at radius 2 is 1.60 bits per heavy atom. The molecule has 0 aliphatic heterocycles. The first-order valence-electron chi connectivity index (χ1n) is 4.63. The maximum Gasteiger partial charge on any atom is 0.0419 e. The van der Waals surface area contributed by atoms with Gasteiger partial charge in [-0.1, -0.05) is 58.2 Å². The molecule has 0 radical (unpaired) electrons. The molecule has 0 heterocycles. The van der Waals surface area contributed by atoms with E-state index in [1.807, 2.05) is 0 Å². The molecular formula is C9H22Si. The Labute approximate surface area is 67.6 Å². The largest absolute Gasteiger partial charge is 0.0680 e. The molecule has 2 unspecified atom stereocenters. The van der Waals surface area contributed by atoms with Crippen LogP contribution in [0.1, 0.15) is 41.0 Å². The van der Waals surface area contributed by atoms with E-state index in [0.29, 0.717) is 0 Å². The minimum Gasteiger partial charge on any atom is -0.0680 e. The van der Waals surface area contributed by atoms with Gasteiger partial charge in [0.05, 0.1) is 0 Å². The Morgan fingerprint density at radius 1 is 1.10 bits per heavy atom. The molecule has 0 aliphatic carbocycles. The molecule has 0 spiro atoms. The fourth-order valence-electron chi connectivity index (χ4n) is 1.83. The first-order valence-corrected chi connectivity index (χ1v) is 6.78. The maximum absolute atomic E-state index is 2.43. The Bertz CT molecular complexity index is 78.8. The summed E-state index contributed by atoms with van der Waals surface area (Å²) < 4.78 is 0. The van der Waals surface area contributed by atoms with Crippen LogP contribution < -0.4 is 0 Å². The third-order valence-corrected chi connectivity index (χ3v) is 7.29. The van der Waals surface area contributed by atoms with Crippen LogP contribution in [0.2, 0.25) is 17.1 Å². The van der Waals surface area contributed by atoms with Crippen molar-refractivity contribution in [3.63, 3.8) is 0 Å². The van der Waals surface area contributed by atoms with Gasteiger partial charge in [-0.3, -0.25) is 0 Å². The molecule has 0 rings (SSSR count). The molecule has 0 aromatic carbocycles. The quantitative estimate of drug-likeness (QED) is 0.550. The smallest absolute Gasteiger partial charge is 0.0419 e. The molecule has 2 atom stereocenters. The first-order chi connectivity index (χ1) is 4.63. The summed E-state index contributed by atoms with van der Waals surface area (Å²) in [5.41, 5.74) is 2.05. The van der Waals surface area contributed by atoms with Crippen molar-refractivity contribution >= 4 is 8.80 Å². The summed E-state index contributed by atoms with van der Waals surface area (Å²) in [5.74, 6) is 0. The van der Waals surface area contributed by atoms with Crippen molar-refractivity contribution in [2.75, 3.05) is 0 Å². The van der Waals surface area contributed by atoms with Crippen molar-refractivity contribution in [2.45, 2.75) is 58.2 Å². The summed E-state index contributed by atoms with van der Waals surface area (Å²) in [7, 11) is -0.380. The van der Waals surface area contributed by atoms with Crippen LogP contribution in [0, 0.1) is 0 Å². The van der Waals surface area contributed by atoms with E-state index < -0.39 is 0 Å². The van der Waals surface area contributed by atoms with Crippen LogP contribution >= 0.6 is 0 Å². The van der Waals surface area contributed by atoms with E-state index in [1.54, 1.807) is 0 Å². The molecule has 1 heteroatoms. The molecule has 0 aliphatic rings. The Kier molecular flexibility index (Phi) is 5.05. The maximum atomic E-state index is 2.43. The Morgan fingerprint density at radius 3 is 1.70 bits per heavy atom. The van der Waals surface area contributed by atoms with Crippen LogP contribution in [0.5, 0.6) is 0 Å². The average Bonchev–Trinajstić information content (AvgIpc) is 1.88. The first kappa shape index (κ1) is 10.2. The lowest BCUT2D eigenvalue weighted by atomic mass is 10.4. The molecule has 0 bridgehead atoms. The molecule has 0 aromatic heterocycles. The molecule has 0 aromatic rings. The number of hydrogen-bond acceptors (Lipinski definition) is 0. The van der Waals surface area contributed by atoms with Gasteiger partial charge in [0.25, 0.3) is 0 Å². The number of hydrogen-bond donors (Lipinski definition) is 0. The Balaban J connectivity index is 3.80. The van der Waals surface area contributed by atoms with Crippen LogP contribution in [0.15, 0.2) is 0 Å². The number of rotatable bonds is 4. The zero-order valence-corrected chi connectivity index (χ0v) is 9.30. The van der Waals surface area contributed by atoms with Crippen LogP contribution in [0.4, 0.5) is 0 Å². The predicted molar refractivity (Wildman–Crippen MR) is 52.4 cm³/mol. The van der Waals surface area contributed by atoms with Gasteiger partial charge in [0.15, 0.2) is 0 Å². The third-order valence-electron chi connectivity index (χ3n) is 2.70. The van der Waals surface area contributed by atoms with Crippen LogP contribution in [-0.4, -0.2) is 8.80 Å². The highest BCUT2D eigenvalue weighted by Gasteiger charge is 2.18. The van der Waals surface area contributed by atoms with Gasteiger partial charge >= 0.3 is 0 Å². The minimum absolute atomic E-state index is 0.380. The summed E-state index contributed by atoms with van der Waals surface area (Å²) in [6.07, 6.45) is 1.39. The van der Waals surface area contributed by atoms with E-state index in [9.17, 15) is 0 Å². The molecule has 10 heavy (non-hydrogen) atoms. The van der Waals surface area contributed by atoms with Crippen molar-refractivity contribution in [1.82, 2.24) is 0 Å². The molecule has 62 valence electrons. The molecule has 0 nitrogen and oxygen atoms in total. The molecule has 0 N–H and O–H groups in total. The van der Waals surface area contributed by atoms with Gasteiger partial charge in [-0.15, -0.1) is 0 Å². The van der Waals surface area contributed by atoms with Crippen LogP contribution in [-0.2, 0) is 0 Å². The van der Waals surface area contributed by atoms with E-state index in [2.05, 4.69) is 34.6 Å². The van der Waals surface area contributed by atoms with Crippen molar-refractivity contribution < 1.29 is 0 Å². The van der Waals surface area contributed by atoms with E-state index in [-0.39, 0.29) is 8.80 Å². The van der Waals surface area contributed by atoms with Crippen molar-refractivity contribution in [2.24, 2.45) is 0 Å². The van der Waals surface area contributed by atoms with Gasteiger partial charge in [0.2, 0.25) is 0 Å². The van der Waals surface area contributed by atoms with E-state index in [1.165, 1.54) is 12.5 Å². The summed E-state index contributed by atoms with van der Waals surface area (Å²) >= 11 is 0. The lowest BCUT2D eigenvalue weighted by Crippen LogP contribution is -2.20. The van der Waals surface area contributed by atoms with Crippen LogP contribution in [0.25, 0.3) is 0 Å². The second-order valence-corrected chi connectivity index (χ2v) is 8.32. The van der Waals surface area contributed by atoms with Crippen LogP contribution in [0.3, 0.4) is 0 Å². The van der Waals surface area contributed by atoms with E-state index in [4.69, 9.17) is 0 Å². The molecular weight excluding hydrogens is 136 g/mol. The second kappa shape index (κ2) is 4.95. The van der Waals surface area contributed by atoms with Gasteiger partial charge in [-0.2, -0.15) is 0 Å². The zero-order chi connectivity index (χ0) is 8.15. The van der Waals surface area contributed by atoms with Gasteiger partial charge in [-0.05, 0) is 0 Å². The molecule has 0 saturated heterocycles. The molecule has 0 amide bonds. The lowest BCUT2D eigenvalue weighted by Gasteiger charge is -2.23. The topological polar surface area (TPSA) is 0 Å². The summed E-state index contributed by atoms with van der Waals surface area (Å²) in [5, 5.41) is 0. The van der Waals surface area contributed by atoms with E-state index >= 15 is 0 Å². The van der Waals surface area contributed by atoms with Gasteiger partial charge in [0.1, 0.15) is 0 Å². The zero-order valence-electron chi connectivity index (χ0n) is 8.15. The summed E-state index contributed by atoms with van der Waals surface area (Å²) in [6, 6.07) is 1.48. The van der Waals surface area contributed by atoms with Gasteiger partial charge < -0.3 is 0 Å². The highest BCUT2D eigenvalue weighted by atomic mass is 28.3. The Hall–Kier alpha value is 0.217. The normalized spacial score (nSPS) is 17.4. The van der Waals surface area contributed by atoms with E-state index in [0.717, 1.165) is 11.1 Å². The second-order valence-electron chi connectivity index (χ2n) is 3.70. The summed E-state index contributed by atoms with van der Waals surface area (Å²) in [4.78, 5) is 0. The predicted octanol–water partition coefficient (Wildman–Crippen LogP) is 3.44. The highest BCUT2D eigenvalue weighted by molar-refractivity contribution is 6.61. The van der Waals surface area contributed by atoms with Crippen molar-refractivity contribution in [3.05, 3.63) is 0 Å².